The second-order valence-corrected chi connectivity index (χ2v) is 5.50. The Labute approximate surface area is 132 Å². The molecule has 3 rings (SSSR count). The van der Waals surface area contributed by atoms with E-state index in [1.165, 1.54) is 13.8 Å². The smallest absolute Gasteiger partial charge is 0.347 e. The van der Waals surface area contributed by atoms with Crippen LogP contribution in [0.3, 0.4) is 0 Å². The molecular weight excluding hydrogens is 298 g/mol. The molecule has 6 nitrogen and oxygen atoms in total. The minimum Gasteiger partial charge on any atom is -0.478 e. The molecule has 0 fully saturated rings. The zero-order valence-corrected chi connectivity index (χ0v) is 12.6. The molecule has 118 valence electrons. The van der Waals surface area contributed by atoms with Crippen molar-refractivity contribution in [2.45, 2.75) is 19.4 Å². The van der Waals surface area contributed by atoms with Crippen molar-refractivity contribution in [3.05, 3.63) is 48.7 Å². The zero-order chi connectivity index (χ0) is 16.4. The Morgan fingerprint density at radius 1 is 1.17 bits per heavy atom. The summed E-state index contributed by atoms with van der Waals surface area (Å²) >= 11 is 0. The molecule has 0 saturated carbocycles. The molecule has 1 aromatic carbocycles. The Balaban J connectivity index is 1.79. The van der Waals surface area contributed by atoms with Crippen molar-refractivity contribution in [3.8, 4) is 28.5 Å². The van der Waals surface area contributed by atoms with E-state index in [1.54, 1.807) is 48.7 Å². The quantitative estimate of drug-likeness (QED) is 0.770. The third-order valence-corrected chi connectivity index (χ3v) is 3.31. The normalized spacial score (nSPS) is 11.4. The summed E-state index contributed by atoms with van der Waals surface area (Å²) in [6, 6.07) is 12.3. The highest BCUT2D eigenvalue weighted by Crippen LogP contribution is 2.28. The van der Waals surface area contributed by atoms with Gasteiger partial charge in [0.15, 0.2) is 17.1 Å². The topological polar surface area (TPSA) is 85.7 Å². The number of rotatable bonds is 5. The minimum absolute atomic E-state index is 0.465. The lowest BCUT2D eigenvalue weighted by Crippen LogP contribution is -2.37. The predicted molar refractivity (Wildman–Crippen MR) is 82.0 cm³/mol. The van der Waals surface area contributed by atoms with Gasteiger partial charge in [0.1, 0.15) is 11.4 Å². The molecule has 23 heavy (non-hydrogen) atoms. The minimum atomic E-state index is -1.29. The van der Waals surface area contributed by atoms with E-state index in [0.717, 1.165) is 5.56 Å². The van der Waals surface area contributed by atoms with E-state index in [4.69, 9.17) is 18.8 Å². The number of ether oxygens (including phenoxy) is 1. The summed E-state index contributed by atoms with van der Waals surface area (Å²) in [5.41, 5.74) is 0.119. The highest BCUT2D eigenvalue weighted by molar-refractivity contribution is 5.76. The van der Waals surface area contributed by atoms with Crippen LogP contribution in [0.15, 0.2) is 57.7 Å². The van der Waals surface area contributed by atoms with E-state index in [-0.39, 0.29) is 0 Å². The number of aromatic nitrogens is 1. The number of carboxylic acid groups (broad SMARTS) is 1. The van der Waals surface area contributed by atoms with E-state index < -0.39 is 11.6 Å². The van der Waals surface area contributed by atoms with Gasteiger partial charge in [-0.1, -0.05) is 5.16 Å². The highest BCUT2D eigenvalue weighted by atomic mass is 16.5. The van der Waals surface area contributed by atoms with Gasteiger partial charge in [0.05, 0.1) is 6.26 Å². The number of carboxylic acids is 1. The molecule has 2 heterocycles. The van der Waals surface area contributed by atoms with Crippen LogP contribution in [0, 0.1) is 0 Å². The molecular formula is C17H15NO5. The predicted octanol–water partition coefficient (Wildman–Crippen LogP) is 3.84. The molecule has 0 spiro atoms. The monoisotopic (exact) mass is 313 g/mol. The summed E-state index contributed by atoms with van der Waals surface area (Å²) in [6.07, 6.45) is 1.57. The first-order chi connectivity index (χ1) is 11.0. The number of nitrogens with zero attached hydrogens (tertiary/aromatic N) is 1. The SMILES string of the molecule is CC(C)(Oc1ccc(-c2cc(-c3ccco3)no2)cc1)C(=O)O. The zero-order valence-electron chi connectivity index (χ0n) is 12.6. The third-order valence-electron chi connectivity index (χ3n) is 3.31. The average molecular weight is 313 g/mol. The first-order valence-electron chi connectivity index (χ1n) is 6.99. The standard InChI is InChI=1S/C17H15NO5/c1-17(2,16(19)20)22-12-7-5-11(6-8-12)15-10-13(18-23-15)14-4-3-9-21-14/h3-10H,1-2H3,(H,19,20). The second kappa shape index (κ2) is 5.64. The van der Waals surface area contributed by atoms with Crippen molar-refractivity contribution in [2.24, 2.45) is 0 Å². The van der Waals surface area contributed by atoms with Crippen molar-refractivity contribution in [1.29, 1.82) is 0 Å². The van der Waals surface area contributed by atoms with Crippen LogP contribution in [0.25, 0.3) is 22.8 Å². The van der Waals surface area contributed by atoms with Crippen molar-refractivity contribution < 1.29 is 23.6 Å². The fourth-order valence-electron chi connectivity index (χ4n) is 1.98. The number of benzene rings is 1. The van der Waals surface area contributed by atoms with Gasteiger partial charge < -0.3 is 18.8 Å². The average Bonchev–Trinajstić information content (AvgIpc) is 3.19. The van der Waals surface area contributed by atoms with Gasteiger partial charge in [0, 0.05) is 11.6 Å². The van der Waals surface area contributed by atoms with Crippen LogP contribution in [0.4, 0.5) is 0 Å². The largest absolute Gasteiger partial charge is 0.478 e. The molecule has 0 atom stereocenters. The van der Waals surface area contributed by atoms with Gasteiger partial charge in [0.25, 0.3) is 0 Å². The third kappa shape index (κ3) is 3.11. The summed E-state index contributed by atoms with van der Waals surface area (Å²) in [7, 11) is 0. The molecule has 0 bridgehead atoms. The van der Waals surface area contributed by atoms with E-state index in [1.807, 2.05) is 0 Å². The Kier molecular flexibility index (Phi) is 3.65. The van der Waals surface area contributed by atoms with Crippen LogP contribution in [-0.2, 0) is 4.79 Å². The van der Waals surface area contributed by atoms with Crippen molar-refractivity contribution in [1.82, 2.24) is 5.16 Å². The summed E-state index contributed by atoms with van der Waals surface area (Å²) in [5, 5.41) is 13.0. The lowest BCUT2D eigenvalue weighted by Gasteiger charge is -2.21. The molecule has 0 amide bonds. The maximum absolute atomic E-state index is 11.1. The van der Waals surface area contributed by atoms with E-state index >= 15 is 0 Å². The maximum Gasteiger partial charge on any atom is 0.347 e. The van der Waals surface area contributed by atoms with E-state index in [0.29, 0.717) is 23.0 Å². The van der Waals surface area contributed by atoms with Gasteiger partial charge in [-0.15, -0.1) is 0 Å². The fourth-order valence-corrected chi connectivity index (χ4v) is 1.98. The molecule has 0 saturated heterocycles. The van der Waals surface area contributed by atoms with Crippen LogP contribution in [0.1, 0.15) is 13.8 Å². The van der Waals surface area contributed by atoms with Crippen LogP contribution >= 0.6 is 0 Å². The van der Waals surface area contributed by atoms with E-state index in [9.17, 15) is 4.79 Å². The summed E-state index contributed by atoms with van der Waals surface area (Å²) in [4.78, 5) is 11.1. The Morgan fingerprint density at radius 3 is 2.52 bits per heavy atom. The summed E-state index contributed by atoms with van der Waals surface area (Å²) < 4.78 is 16.0. The number of furan rings is 1. The molecule has 3 aromatic rings. The van der Waals surface area contributed by atoms with Gasteiger partial charge in [-0.05, 0) is 50.2 Å². The van der Waals surface area contributed by atoms with Gasteiger partial charge >= 0.3 is 5.97 Å². The Bertz CT molecular complexity index is 800. The molecule has 0 radical (unpaired) electrons. The second-order valence-electron chi connectivity index (χ2n) is 5.50. The van der Waals surface area contributed by atoms with Gasteiger partial charge in [0.2, 0.25) is 0 Å². The van der Waals surface area contributed by atoms with Gasteiger partial charge in [-0.2, -0.15) is 0 Å². The maximum atomic E-state index is 11.1. The van der Waals surface area contributed by atoms with E-state index in [2.05, 4.69) is 5.16 Å². The highest BCUT2D eigenvalue weighted by Gasteiger charge is 2.29. The van der Waals surface area contributed by atoms with Crippen LogP contribution in [0.2, 0.25) is 0 Å². The van der Waals surface area contributed by atoms with Crippen molar-refractivity contribution in [2.75, 3.05) is 0 Å². The van der Waals surface area contributed by atoms with Crippen LogP contribution in [0.5, 0.6) is 5.75 Å². The Hall–Kier alpha value is -3.02. The lowest BCUT2D eigenvalue weighted by molar-refractivity contribution is -0.152. The van der Waals surface area contributed by atoms with Crippen LogP contribution < -0.4 is 4.74 Å². The Morgan fingerprint density at radius 2 is 1.91 bits per heavy atom. The molecule has 0 aliphatic carbocycles. The molecule has 1 N–H and O–H groups in total. The number of aliphatic carboxylic acids is 1. The fraction of sp³-hybridized carbons (Fsp3) is 0.176. The number of hydrogen-bond acceptors (Lipinski definition) is 5. The molecule has 2 aromatic heterocycles. The summed E-state index contributed by atoms with van der Waals surface area (Å²) in [6.45, 7) is 2.99. The molecule has 0 unspecified atom stereocenters. The van der Waals surface area contributed by atoms with Crippen LogP contribution in [-0.4, -0.2) is 21.8 Å². The van der Waals surface area contributed by atoms with Gasteiger partial charge in [-0.3, -0.25) is 0 Å². The first-order valence-corrected chi connectivity index (χ1v) is 6.99. The van der Waals surface area contributed by atoms with Gasteiger partial charge in [-0.25, -0.2) is 4.79 Å². The van der Waals surface area contributed by atoms with Crippen molar-refractivity contribution >= 4 is 5.97 Å². The first kappa shape index (κ1) is 14.9. The molecule has 0 aliphatic rings. The molecule has 0 aliphatic heterocycles. The number of hydrogen-bond donors (Lipinski definition) is 1. The number of carbonyl (C=O) groups is 1. The lowest BCUT2D eigenvalue weighted by atomic mass is 10.1. The summed E-state index contributed by atoms with van der Waals surface area (Å²) in [5.74, 6) is 0.649. The van der Waals surface area contributed by atoms with Crippen molar-refractivity contribution in [3.63, 3.8) is 0 Å². The molecule has 6 heteroatoms.